The molecule has 6 nitrogen and oxygen atoms in total. The normalized spacial score (nSPS) is 10.8. The molecule has 0 unspecified atom stereocenters. The van der Waals surface area contributed by atoms with Gasteiger partial charge >= 0.3 is 0 Å². The van der Waals surface area contributed by atoms with Crippen LogP contribution in [0.3, 0.4) is 0 Å². The molecule has 0 saturated heterocycles. The van der Waals surface area contributed by atoms with E-state index in [4.69, 9.17) is 0 Å². The maximum Gasteiger partial charge on any atom is 0.273 e. The minimum absolute atomic E-state index is 0.103. The summed E-state index contributed by atoms with van der Waals surface area (Å²) in [6.45, 7) is 1.58. The van der Waals surface area contributed by atoms with Crippen LogP contribution in [0.4, 0.5) is 5.69 Å². The van der Waals surface area contributed by atoms with Gasteiger partial charge in [-0.15, -0.1) is 0 Å². The van der Waals surface area contributed by atoms with E-state index in [-0.39, 0.29) is 22.4 Å². The molecule has 0 aliphatic heterocycles. The van der Waals surface area contributed by atoms with Gasteiger partial charge < -0.3 is 10.1 Å². The summed E-state index contributed by atoms with van der Waals surface area (Å²) in [5.41, 5.74) is 0.890. The lowest BCUT2D eigenvalue weighted by Crippen LogP contribution is -2.09. The van der Waals surface area contributed by atoms with E-state index in [1.165, 1.54) is 12.1 Å². The highest BCUT2D eigenvalue weighted by Crippen LogP contribution is 2.34. The molecular formula is C16H12N2O4. The molecule has 0 amide bonds. The molecule has 0 spiro atoms. The Kier molecular flexibility index (Phi) is 3.14. The van der Waals surface area contributed by atoms with E-state index in [9.17, 15) is 20.0 Å². The third-order valence-electron chi connectivity index (χ3n) is 3.56. The van der Waals surface area contributed by atoms with Crippen LogP contribution in [0.15, 0.2) is 47.3 Å². The molecular weight excluding hydrogens is 284 g/mol. The van der Waals surface area contributed by atoms with Crippen molar-refractivity contribution in [3.8, 4) is 16.9 Å². The van der Waals surface area contributed by atoms with Crippen LogP contribution in [0.5, 0.6) is 5.75 Å². The predicted octanol–water partition coefficient (Wildman–Crippen LogP) is 3.12. The number of H-pyrrole nitrogens is 1. The van der Waals surface area contributed by atoms with Crippen LogP contribution in [0, 0.1) is 17.0 Å². The lowest BCUT2D eigenvalue weighted by molar-refractivity contribution is -0.385. The third-order valence-corrected chi connectivity index (χ3v) is 3.56. The van der Waals surface area contributed by atoms with E-state index in [2.05, 4.69) is 4.98 Å². The van der Waals surface area contributed by atoms with Crippen molar-refractivity contribution in [2.24, 2.45) is 0 Å². The smallest absolute Gasteiger partial charge is 0.273 e. The van der Waals surface area contributed by atoms with E-state index in [0.29, 0.717) is 16.6 Å². The van der Waals surface area contributed by atoms with Gasteiger partial charge in [0.25, 0.3) is 11.2 Å². The van der Waals surface area contributed by atoms with Crippen LogP contribution in [0.1, 0.15) is 5.56 Å². The van der Waals surface area contributed by atoms with Crippen molar-refractivity contribution < 1.29 is 10.0 Å². The molecule has 3 aromatic rings. The first kappa shape index (κ1) is 13.8. The van der Waals surface area contributed by atoms with Gasteiger partial charge in [0.1, 0.15) is 5.75 Å². The van der Waals surface area contributed by atoms with E-state index in [1.807, 2.05) is 0 Å². The van der Waals surface area contributed by atoms with Gasteiger partial charge in [-0.05, 0) is 18.6 Å². The Hall–Kier alpha value is -3.15. The Morgan fingerprint density at radius 2 is 1.86 bits per heavy atom. The number of aryl methyl sites for hydroxylation is 1. The molecule has 6 heteroatoms. The number of nitrogens with one attached hydrogen (secondary N) is 1. The topological polar surface area (TPSA) is 96.2 Å². The van der Waals surface area contributed by atoms with Gasteiger partial charge in [0.15, 0.2) is 0 Å². The van der Waals surface area contributed by atoms with Crippen molar-refractivity contribution >= 4 is 16.6 Å². The van der Waals surface area contributed by atoms with Crippen molar-refractivity contribution in [1.29, 1.82) is 0 Å². The fourth-order valence-electron chi connectivity index (χ4n) is 2.49. The fourth-order valence-corrected chi connectivity index (χ4v) is 2.49. The number of hydrogen-bond acceptors (Lipinski definition) is 4. The van der Waals surface area contributed by atoms with Crippen molar-refractivity contribution in [3.63, 3.8) is 0 Å². The number of pyridine rings is 1. The minimum atomic E-state index is -0.512. The van der Waals surface area contributed by atoms with Gasteiger partial charge in [-0.3, -0.25) is 14.9 Å². The Balaban J connectivity index is 2.39. The van der Waals surface area contributed by atoms with Crippen LogP contribution < -0.4 is 5.56 Å². The summed E-state index contributed by atoms with van der Waals surface area (Å²) in [5, 5.41) is 21.7. The monoisotopic (exact) mass is 296 g/mol. The predicted molar refractivity (Wildman–Crippen MR) is 83.1 cm³/mol. The molecule has 2 N–H and O–H groups in total. The SMILES string of the molecule is Cc1cc2[nH]c(=O)c(-c3ccccc3)c(O)c2cc1[N+](=O)[O-]. The fraction of sp³-hybridized carbons (Fsp3) is 0.0625. The largest absolute Gasteiger partial charge is 0.506 e. The number of nitro benzene ring substituents is 1. The van der Waals surface area contributed by atoms with Gasteiger partial charge in [0, 0.05) is 17.0 Å². The standard InChI is InChI=1S/C16H12N2O4/c1-9-7-12-11(8-13(9)18(21)22)15(19)14(16(20)17-12)10-5-3-2-4-6-10/h2-8H,1H3,(H2,17,19,20). The van der Waals surface area contributed by atoms with Gasteiger partial charge in [0.2, 0.25) is 0 Å². The molecule has 1 heterocycles. The zero-order valence-electron chi connectivity index (χ0n) is 11.7. The Bertz CT molecular complexity index is 946. The molecule has 0 saturated carbocycles. The summed E-state index contributed by atoms with van der Waals surface area (Å²) in [6.07, 6.45) is 0. The molecule has 2 aromatic carbocycles. The van der Waals surface area contributed by atoms with E-state index >= 15 is 0 Å². The maximum atomic E-state index is 12.2. The zero-order valence-corrected chi connectivity index (χ0v) is 11.7. The van der Waals surface area contributed by atoms with Gasteiger partial charge in [0.05, 0.1) is 16.0 Å². The van der Waals surface area contributed by atoms with Gasteiger partial charge in [-0.2, -0.15) is 0 Å². The number of nitrogens with zero attached hydrogens (tertiary/aromatic N) is 1. The zero-order chi connectivity index (χ0) is 15.9. The quantitative estimate of drug-likeness (QED) is 0.561. The summed E-state index contributed by atoms with van der Waals surface area (Å²) in [5.74, 6) is -0.256. The van der Waals surface area contributed by atoms with E-state index in [1.54, 1.807) is 37.3 Å². The van der Waals surface area contributed by atoms with Crippen molar-refractivity contribution in [2.75, 3.05) is 0 Å². The minimum Gasteiger partial charge on any atom is -0.506 e. The second kappa shape index (κ2) is 5.00. The lowest BCUT2D eigenvalue weighted by Gasteiger charge is -2.08. The number of nitro groups is 1. The molecule has 0 aliphatic rings. The van der Waals surface area contributed by atoms with Gasteiger partial charge in [-0.25, -0.2) is 0 Å². The van der Waals surface area contributed by atoms with E-state index in [0.717, 1.165) is 0 Å². The number of benzene rings is 2. The second-order valence-electron chi connectivity index (χ2n) is 4.99. The highest BCUT2D eigenvalue weighted by Gasteiger charge is 2.18. The lowest BCUT2D eigenvalue weighted by atomic mass is 10.0. The molecule has 3 rings (SSSR count). The number of rotatable bonds is 2. The molecule has 0 atom stereocenters. The van der Waals surface area contributed by atoms with Crippen molar-refractivity contribution in [2.45, 2.75) is 6.92 Å². The maximum absolute atomic E-state index is 12.2. The average Bonchev–Trinajstić information content (AvgIpc) is 2.47. The molecule has 22 heavy (non-hydrogen) atoms. The molecule has 0 aliphatic carbocycles. The molecule has 0 radical (unpaired) electrons. The summed E-state index contributed by atoms with van der Waals surface area (Å²) < 4.78 is 0. The number of aromatic amines is 1. The number of aromatic nitrogens is 1. The first-order chi connectivity index (χ1) is 10.5. The first-order valence-electron chi connectivity index (χ1n) is 6.58. The summed E-state index contributed by atoms with van der Waals surface area (Å²) >= 11 is 0. The molecule has 0 fully saturated rings. The average molecular weight is 296 g/mol. The molecule has 0 bridgehead atoms. The number of aromatic hydroxyl groups is 1. The third kappa shape index (κ3) is 2.10. The summed E-state index contributed by atoms with van der Waals surface area (Å²) in [4.78, 5) is 25.4. The molecule has 1 aromatic heterocycles. The van der Waals surface area contributed by atoms with Crippen molar-refractivity contribution in [1.82, 2.24) is 4.98 Å². The van der Waals surface area contributed by atoms with Crippen LogP contribution in [-0.4, -0.2) is 15.0 Å². The summed E-state index contributed by atoms with van der Waals surface area (Å²) in [6, 6.07) is 11.4. The Morgan fingerprint density at radius 1 is 1.18 bits per heavy atom. The number of fused-ring (bicyclic) bond motifs is 1. The molecule has 110 valence electrons. The Labute approximate surface area is 124 Å². The number of hydrogen-bond donors (Lipinski definition) is 2. The van der Waals surface area contributed by atoms with Crippen LogP contribution in [-0.2, 0) is 0 Å². The second-order valence-corrected chi connectivity index (χ2v) is 4.99. The van der Waals surface area contributed by atoms with Crippen molar-refractivity contribution in [3.05, 3.63) is 68.5 Å². The van der Waals surface area contributed by atoms with Crippen LogP contribution in [0.25, 0.3) is 22.0 Å². The van der Waals surface area contributed by atoms with Crippen LogP contribution >= 0.6 is 0 Å². The highest BCUT2D eigenvalue weighted by atomic mass is 16.6. The Morgan fingerprint density at radius 3 is 2.50 bits per heavy atom. The van der Waals surface area contributed by atoms with Gasteiger partial charge in [-0.1, -0.05) is 30.3 Å². The summed E-state index contributed by atoms with van der Waals surface area (Å²) in [7, 11) is 0. The highest BCUT2D eigenvalue weighted by molar-refractivity contribution is 5.93. The van der Waals surface area contributed by atoms with E-state index < -0.39 is 10.5 Å². The van der Waals surface area contributed by atoms with Crippen LogP contribution in [0.2, 0.25) is 0 Å². The first-order valence-corrected chi connectivity index (χ1v) is 6.58.